The summed E-state index contributed by atoms with van der Waals surface area (Å²) in [6.07, 6.45) is -1.40. The van der Waals surface area contributed by atoms with Crippen LogP contribution in [-0.4, -0.2) is 48.6 Å². The van der Waals surface area contributed by atoms with Crippen molar-refractivity contribution in [1.29, 1.82) is 0 Å². The van der Waals surface area contributed by atoms with Crippen molar-refractivity contribution in [3.8, 4) is 0 Å². The highest BCUT2D eigenvalue weighted by Gasteiger charge is 2.55. The Labute approximate surface area is 112 Å². The molecule has 6 nitrogen and oxygen atoms in total. The molecule has 0 N–H and O–H groups in total. The maximum atomic E-state index is 12.2. The van der Waals surface area contributed by atoms with E-state index >= 15 is 0 Å². The Morgan fingerprint density at radius 2 is 1.84 bits per heavy atom. The molecule has 0 saturated carbocycles. The molecule has 3 rings (SSSR count). The Morgan fingerprint density at radius 1 is 1.11 bits per heavy atom. The highest BCUT2D eigenvalue weighted by atomic mass is 16.8. The first-order chi connectivity index (χ1) is 8.76. The summed E-state index contributed by atoms with van der Waals surface area (Å²) in [5, 5.41) is 0. The second kappa shape index (κ2) is 4.23. The summed E-state index contributed by atoms with van der Waals surface area (Å²) in [5.41, 5.74) is 0. The lowest BCUT2D eigenvalue weighted by Gasteiger charge is -2.21. The Kier molecular flexibility index (Phi) is 3.00. The molecular weight excluding hydrogens is 252 g/mol. The summed E-state index contributed by atoms with van der Waals surface area (Å²) < 4.78 is 27.9. The van der Waals surface area contributed by atoms with Crippen LogP contribution in [0.15, 0.2) is 0 Å². The van der Waals surface area contributed by atoms with E-state index in [1.54, 1.807) is 13.8 Å². The molecule has 108 valence electrons. The fraction of sp³-hybridized carbons (Fsp3) is 0.923. The zero-order valence-electron chi connectivity index (χ0n) is 11.7. The van der Waals surface area contributed by atoms with Gasteiger partial charge in [0.15, 0.2) is 29.8 Å². The predicted octanol–water partition coefficient (Wildman–Crippen LogP) is 0.973. The van der Waals surface area contributed by atoms with E-state index < -0.39 is 30.1 Å². The molecule has 0 aromatic carbocycles. The van der Waals surface area contributed by atoms with Crippen molar-refractivity contribution in [3.05, 3.63) is 0 Å². The van der Waals surface area contributed by atoms with Crippen LogP contribution in [0.5, 0.6) is 0 Å². The SMILES string of the molecule is CC1(C)OCC(CC2O[C@@H]3OC(C)(C)O[C@@H]3C2=O)O1. The largest absolute Gasteiger partial charge is 0.348 e. The van der Waals surface area contributed by atoms with Crippen molar-refractivity contribution >= 4 is 5.78 Å². The number of carbonyl (C=O) groups is 1. The normalized spacial score (nSPS) is 43.7. The Morgan fingerprint density at radius 3 is 2.42 bits per heavy atom. The molecule has 0 bridgehead atoms. The summed E-state index contributed by atoms with van der Waals surface area (Å²) in [5.74, 6) is -1.41. The van der Waals surface area contributed by atoms with E-state index in [1.807, 2.05) is 13.8 Å². The summed E-state index contributed by atoms with van der Waals surface area (Å²) in [6.45, 7) is 7.73. The zero-order chi connectivity index (χ0) is 13.8. The Hall–Kier alpha value is -0.530. The molecular formula is C13H20O6. The van der Waals surface area contributed by atoms with Crippen LogP contribution in [0.1, 0.15) is 34.1 Å². The number of carbonyl (C=O) groups excluding carboxylic acids is 1. The van der Waals surface area contributed by atoms with Crippen LogP contribution in [-0.2, 0) is 28.5 Å². The van der Waals surface area contributed by atoms with Gasteiger partial charge in [-0.1, -0.05) is 0 Å². The molecule has 2 unspecified atom stereocenters. The maximum absolute atomic E-state index is 12.2. The van der Waals surface area contributed by atoms with Gasteiger partial charge in [-0.05, 0) is 27.7 Å². The van der Waals surface area contributed by atoms with E-state index in [0.717, 1.165) is 0 Å². The Balaban J connectivity index is 1.59. The van der Waals surface area contributed by atoms with Crippen molar-refractivity contribution in [2.24, 2.45) is 0 Å². The fourth-order valence-corrected chi connectivity index (χ4v) is 2.72. The molecule has 3 saturated heterocycles. The summed E-state index contributed by atoms with van der Waals surface area (Å²) in [4.78, 5) is 12.2. The van der Waals surface area contributed by atoms with Crippen LogP contribution >= 0.6 is 0 Å². The number of Topliss-reactive ketones (excluding diaryl/α,β-unsaturated/α-hetero) is 1. The van der Waals surface area contributed by atoms with Gasteiger partial charge in [0.05, 0.1) is 12.7 Å². The quantitative estimate of drug-likeness (QED) is 0.746. The van der Waals surface area contributed by atoms with Crippen molar-refractivity contribution in [2.45, 2.75) is 70.3 Å². The molecule has 3 heterocycles. The van der Waals surface area contributed by atoms with Crippen molar-refractivity contribution in [1.82, 2.24) is 0 Å². The molecule has 0 spiro atoms. The third-order valence-corrected chi connectivity index (χ3v) is 3.50. The minimum absolute atomic E-state index is 0.0659. The highest BCUT2D eigenvalue weighted by molar-refractivity contribution is 5.89. The Bertz CT molecular complexity index is 391. The highest BCUT2D eigenvalue weighted by Crippen LogP contribution is 2.37. The van der Waals surface area contributed by atoms with Gasteiger partial charge in [0.2, 0.25) is 0 Å². The van der Waals surface area contributed by atoms with Gasteiger partial charge in [0.1, 0.15) is 6.10 Å². The van der Waals surface area contributed by atoms with Crippen LogP contribution in [0.4, 0.5) is 0 Å². The van der Waals surface area contributed by atoms with Gasteiger partial charge < -0.3 is 23.7 Å². The molecule has 3 aliphatic heterocycles. The molecule has 0 aromatic heterocycles. The smallest absolute Gasteiger partial charge is 0.195 e. The lowest BCUT2D eigenvalue weighted by atomic mass is 10.1. The molecule has 6 heteroatoms. The van der Waals surface area contributed by atoms with Gasteiger partial charge in [-0.25, -0.2) is 0 Å². The minimum Gasteiger partial charge on any atom is -0.348 e. The molecule has 4 atom stereocenters. The fourth-order valence-electron chi connectivity index (χ4n) is 2.72. The van der Waals surface area contributed by atoms with Crippen LogP contribution in [0.25, 0.3) is 0 Å². The first-order valence-corrected chi connectivity index (χ1v) is 6.62. The van der Waals surface area contributed by atoms with E-state index in [-0.39, 0.29) is 11.9 Å². The number of rotatable bonds is 2. The van der Waals surface area contributed by atoms with Crippen LogP contribution < -0.4 is 0 Å². The van der Waals surface area contributed by atoms with E-state index in [9.17, 15) is 4.79 Å². The molecule has 19 heavy (non-hydrogen) atoms. The average molecular weight is 272 g/mol. The molecule has 3 aliphatic rings. The number of fused-ring (bicyclic) bond motifs is 1. The van der Waals surface area contributed by atoms with Gasteiger partial charge in [-0.2, -0.15) is 0 Å². The number of hydrogen-bond donors (Lipinski definition) is 0. The zero-order valence-corrected chi connectivity index (χ0v) is 11.7. The number of ketones is 1. The molecule has 3 fully saturated rings. The molecule has 0 amide bonds. The van der Waals surface area contributed by atoms with E-state index in [2.05, 4.69) is 0 Å². The van der Waals surface area contributed by atoms with Crippen molar-refractivity contribution < 1.29 is 28.5 Å². The lowest BCUT2D eigenvalue weighted by Crippen LogP contribution is -2.33. The first-order valence-electron chi connectivity index (χ1n) is 6.62. The van der Waals surface area contributed by atoms with Gasteiger partial charge in [-0.3, -0.25) is 4.79 Å². The number of ether oxygens (including phenoxy) is 5. The molecule has 0 aromatic rings. The average Bonchev–Trinajstić information content (AvgIpc) is 2.84. The van der Waals surface area contributed by atoms with Gasteiger partial charge in [0, 0.05) is 6.42 Å². The van der Waals surface area contributed by atoms with Crippen molar-refractivity contribution in [2.75, 3.05) is 6.61 Å². The van der Waals surface area contributed by atoms with E-state index in [0.29, 0.717) is 13.0 Å². The first kappa shape index (κ1) is 13.5. The van der Waals surface area contributed by atoms with Gasteiger partial charge in [-0.15, -0.1) is 0 Å². The van der Waals surface area contributed by atoms with Crippen molar-refractivity contribution in [3.63, 3.8) is 0 Å². The summed E-state index contributed by atoms with van der Waals surface area (Å²) in [7, 11) is 0. The monoisotopic (exact) mass is 272 g/mol. The topological polar surface area (TPSA) is 63.2 Å². The standard InChI is InChI=1S/C13H20O6/c1-12(2)15-6-7(17-12)5-8-9(14)10-11(16-8)19-13(3,4)18-10/h7-8,10-11H,5-6H2,1-4H3/t7?,8?,10-,11-/m1/s1. The van der Waals surface area contributed by atoms with E-state index in [4.69, 9.17) is 23.7 Å². The van der Waals surface area contributed by atoms with Crippen LogP contribution in [0, 0.1) is 0 Å². The van der Waals surface area contributed by atoms with Gasteiger partial charge in [0.25, 0.3) is 0 Å². The summed E-state index contributed by atoms with van der Waals surface area (Å²) in [6, 6.07) is 0. The van der Waals surface area contributed by atoms with Crippen LogP contribution in [0.3, 0.4) is 0 Å². The molecule has 0 aliphatic carbocycles. The molecule has 0 radical (unpaired) electrons. The van der Waals surface area contributed by atoms with Crippen LogP contribution in [0.2, 0.25) is 0 Å². The van der Waals surface area contributed by atoms with E-state index in [1.165, 1.54) is 0 Å². The minimum atomic E-state index is -0.759. The predicted molar refractivity (Wildman–Crippen MR) is 63.2 cm³/mol. The number of hydrogen-bond acceptors (Lipinski definition) is 6. The summed E-state index contributed by atoms with van der Waals surface area (Å²) >= 11 is 0. The third kappa shape index (κ3) is 2.55. The second-order valence-electron chi connectivity index (χ2n) is 6.14. The maximum Gasteiger partial charge on any atom is 0.195 e. The van der Waals surface area contributed by atoms with Gasteiger partial charge >= 0.3 is 0 Å². The lowest BCUT2D eigenvalue weighted by molar-refractivity contribution is -0.207. The third-order valence-electron chi connectivity index (χ3n) is 3.50. The second-order valence-corrected chi connectivity index (χ2v) is 6.14.